The van der Waals surface area contributed by atoms with Crippen LogP contribution in [0.1, 0.15) is 11.3 Å². The molecular formula is C21H14ClFN2O2. The van der Waals surface area contributed by atoms with Crippen LogP contribution in [0.25, 0.3) is 17.4 Å². The van der Waals surface area contributed by atoms with Crippen molar-refractivity contribution in [3.8, 4) is 17.4 Å². The Bertz CT molecular complexity index is 1080. The van der Waals surface area contributed by atoms with Crippen LogP contribution < -0.4 is 5.32 Å². The predicted octanol–water partition coefficient (Wildman–Crippen LogP) is 5.59. The van der Waals surface area contributed by atoms with Crippen LogP contribution in [0.3, 0.4) is 0 Å². The minimum Gasteiger partial charge on any atom is -0.457 e. The van der Waals surface area contributed by atoms with E-state index in [-0.39, 0.29) is 11.3 Å². The Labute approximate surface area is 160 Å². The normalized spacial score (nSPS) is 11.1. The Morgan fingerprint density at radius 1 is 1.22 bits per heavy atom. The Morgan fingerprint density at radius 2 is 2.00 bits per heavy atom. The minimum absolute atomic E-state index is 0.00154. The van der Waals surface area contributed by atoms with Gasteiger partial charge in [-0.1, -0.05) is 29.8 Å². The molecule has 134 valence electrons. The predicted molar refractivity (Wildman–Crippen MR) is 103 cm³/mol. The number of halogens is 2. The van der Waals surface area contributed by atoms with Crippen LogP contribution in [0.2, 0.25) is 5.02 Å². The molecule has 2 aromatic carbocycles. The zero-order valence-electron chi connectivity index (χ0n) is 14.3. The zero-order valence-corrected chi connectivity index (χ0v) is 15.0. The lowest BCUT2D eigenvalue weighted by Crippen LogP contribution is -2.14. The lowest BCUT2D eigenvalue weighted by atomic mass is 10.1. The number of carbonyl (C=O) groups is 1. The van der Waals surface area contributed by atoms with Crippen molar-refractivity contribution in [2.24, 2.45) is 0 Å². The van der Waals surface area contributed by atoms with Gasteiger partial charge < -0.3 is 9.73 Å². The van der Waals surface area contributed by atoms with Crippen LogP contribution in [0.5, 0.6) is 0 Å². The molecule has 0 atom stereocenters. The summed E-state index contributed by atoms with van der Waals surface area (Å²) in [5.41, 5.74) is 1.58. The molecule has 0 aliphatic carbocycles. The summed E-state index contributed by atoms with van der Waals surface area (Å²) in [4.78, 5) is 12.2. The third kappa shape index (κ3) is 4.25. The van der Waals surface area contributed by atoms with E-state index < -0.39 is 11.7 Å². The Balaban J connectivity index is 1.85. The van der Waals surface area contributed by atoms with Crippen LogP contribution >= 0.6 is 11.6 Å². The fourth-order valence-corrected chi connectivity index (χ4v) is 2.65. The lowest BCUT2D eigenvalue weighted by molar-refractivity contribution is -0.112. The number of para-hydroxylation sites is 1. The maximum atomic E-state index is 13.7. The van der Waals surface area contributed by atoms with Crippen molar-refractivity contribution in [1.29, 1.82) is 5.26 Å². The molecule has 0 unspecified atom stereocenters. The van der Waals surface area contributed by atoms with Gasteiger partial charge in [-0.2, -0.15) is 5.26 Å². The molecule has 0 spiro atoms. The summed E-state index contributed by atoms with van der Waals surface area (Å²) in [6.45, 7) is 1.92. The molecule has 4 nitrogen and oxygen atoms in total. The van der Waals surface area contributed by atoms with Crippen LogP contribution in [0.4, 0.5) is 10.1 Å². The van der Waals surface area contributed by atoms with Gasteiger partial charge in [0.2, 0.25) is 0 Å². The van der Waals surface area contributed by atoms with Gasteiger partial charge in [-0.25, -0.2) is 4.39 Å². The second-order valence-electron chi connectivity index (χ2n) is 5.77. The minimum atomic E-state index is -0.723. The van der Waals surface area contributed by atoms with E-state index in [1.54, 1.807) is 36.4 Å². The first-order chi connectivity index (χ1) is 13.0. The number of benzene rings is 2. The molecule has 27 heavy (non-hydrogen) atoms. The molecular weight excluding hydrogens is 367 g/mol. The quantitative estimate of drug-likeness (QED) is 0.473. The highest BCUT2D eigenvalue weighted by atomic mass is 35.5. The van der Waals surface area contributed by atoms with Crippen molar-refractivity contribution in [1.82, 2.24) is 0 Å². The zero-order chi connectivity index (χ0) is 19.4. The summed E-state index contributed by atoms with van der Waals surface area (Å²) in [5.74, 6) is -0.419. The van der Waals surface area contributed by atoms with Gasteiger partial charge in [-0.05, 0) is 48.9 Å². The summed E-state index contributed by atoms with van der Waals surface area (Å²) in [6.07, 6.45) is 1.31. The molecule has 0 saturated heterocycles. The molecule has 0 fully saturated rings. The fourth-order valence-electron chi connectivity index (χ4n) is 2.48. The van der Waals surface area contributed by atoms with E-state index in [1.165, 1.54) is 24.3 Å². The topological polar surface area (TPSA) is 66.0 Å². The van der Waals surface area contributed by atoms with Crippen molar-refractivity contribution >= 4 is 29.3 Å². The highest BCUT2D eigenvalue weighted by molar-refractivity contribution is 6.30. The lowest BCUT2D eigenvalue weighted by Gasteiger charge is -2.05. The van der Waals surface area contributed by atoms with Crippen molar-refractivity contribution in [3.63, 3.8) is 0 Å². The number of amides is 1. The maximum Gasteiger partial charge on any atom is 0.266 e. The van der Waals surface area contributed by atoms with Crippen LogP contribution in [-0.4, -0.2) is 5.91 Å². The number of hydrogen-bond donors (Lipinski definition) is 1. The number of nitriles is 1. The highest BCUT2D eigenvalue weighted by Gasteiger charge is 2.14. The molecule has 1 amide bonds. The standard InChI is InChI=1S/C21H14ClFN2O2/c1-13-6-7-15(22)11-17(13)20-9-8-16(27-20)10-14(12-24)21(26)25-19-5-3-2-4-18(19)23/h2-11H,1H3,(H,25,26)/b14-10-. The molecule has 0 radical (unpaired) electrons. The van der Waals surface area contributed by atoms with Crippen molar-refractivity contribution < 1.29 is 13.6 Å². The first-order valence-corrected chi connectivity index (χ1v) is 8.40. The van der Waals surface area contributed by atoms with Crippen molar-refractivity contribution in [3.05, 3.63) is 82.3 Å². The number of nitrogens with zero attached hydrogens (tertiary/aromatic N) is 1. The van der Waals surface area contributed by atoms with Gasteiger partial charge in [0, 0.05) is 16.7 Å². The first kappa shape index (κ1) is 18.4. The molecule has 0 aliphatic heterocycles. The molecule has 1 aromatic heterocycles. The SMILES string of the molecule is Cc1ccc(Cl)cc1-c1ccc(/C=C(/C#N)C(=O)Nc2ccccc2F)o1. The second kappa shape index (κ2) is 7.90. The Morgan fingerprint density at radius 3 is 2.74 bits per heavy atom. The van der Waals surface area contributed by atoms with E-state index in [2.05, 4.69) is 5.32 Å². The largest absolute Gasteiger partial charge is 0.457 e. The molecule has 3 aromatic rings. The number of aryl methyl sites for hydroxylation is 1. The van der Waals surface area contributed by atoms with Gasteiger partial charge in [0.05, 0.1) is 5.69 Å². The van der Waals surface area contributed by atoms with E-state index in [0.29, 0.717) is 16.5 Å². The number of anilines is 1. The summed E-state index contributed by atoms with van der Waals surface area (Å²) in [7, 11) is 0. The summed E-state index contributed by atoms with van der Waals surface area (Å²) >= 11 is 6.03. The number of hydrogen-bond acceptors (Lipinski definition) is 3. The summed E-state index contributed by atoms with van der Waals surface area (Å²) in [5, 5.41) is 12.2. The van der Waals surface area contributed by atoms with Gasteiger partial charge >= 0.3 is 0 Å². The van der Waals surface area contributed by atoms with E-state index in [9.17, 15) is 14.4 Å². The van der Waals surface area contributed by atoms with Crippen LogP contribution in [0.15, 0.2) is 64.6 Å². The van der Waals surface area contributed by atoms with E-state index in [4.69, 9.17) is 16.0 Å². The Kier molecular flexibility index (Phi) is 5.39. The third-order valence-corrected chi connectivity index (χ3v) is 4.10. The molecule has 1 heterocycles. The van der Waals surface area contributed by atoms with Gasteiger partial charge in [0.1, 0.15) is 29.0 Å². The second-order valence-corrected chi connectivity index (χ2v) is 6.20. The van der Waals surface area contributed by atoms with Gasteiger partial charge in [0.25, 0.3) is 5.91 Å². The number of carbonyl (C=O) groups excluding carboxylic acids is 1. The average Bonchev–Trinajstić information content (AvgIpc) is 3.12. The van der Waals surface area contributed by atoms with Gasteiger partial charge in [-0.15, -0.1) is 0 Å². The molecule has 0 saturated carbocycles. The molecule has 0 aliphatic rings. The van der Waals surface area contributed by atoms with Crippen molar-refractivity contribution in [2.45, 2.75) is 6.92 Å². The molecule has 6 heteroatoms. The third-order valence-electron chi connectivity index (χ3n) is 3.87. The average molecular weight is 381 g/mol. The summed E-state index contributed by atoms with van der Waals surface area (Å²) in [6, 6.07) is 16.3. The molecule has 1 N–H and O–H groups in total. The van der Waals surface area contributed by atoms with E-state index in [0.717, 1.165) is 11.1 Å². The molecule has 3 rings (SSSR count). The van der Waals surface area contributed by atoms with Crippen molar-refractivity contribution in [2.75, 3.05) is 5.32 Å². The highest BCUT2D eigenvalue weighted by Crippen LogP contribution is 2.29. The monoisotopic (exact) mass is 380 g/mol. The van der Waals surface area contributed by atoms with Gasteiger partial charge in [0.15, 0.2) is 0 Å². The van der Waals surface area contributed by atoms with Crippen LogP contribution in [0, 0.1) is 24.1 Å². The maximum absolute atomic E-state index is 13.7. The van der Waals surface area contributed by atoms with E-state index >= 15 is 0 Å². The first-order valence-electron chi connectivity index (χ1n) is 8.02. The molecule has 0 bridgehead atoms. The van der Waals surface area contributed by atoms with Gasteiger partial charge in [-0.3, -0.25) is 4.79 Å². The van der Waals surface area contributed by atoms with E-state index in [1.807, 2.05) is 13.0 Å². The number of rotatable bonds is 4. The number of nitrogens with one attached hydrogen (secondary N) is 1. The smallest absolute Gasteiger partial charge is 0.266 e. The number of furan rings is 1. The van der Waals surface area contributed by atoms with Crippen LogP contribution in [-0.2, 0) is 4.79 Å². The summed E-state index contributed by atoms with van der Waals surface area (Å²) < 4.78 is 19.4. The fraction of sp³-hybridized carbons (Fsp3) is 0.0476. The Hall–Kier alpha value is -3.36.